The van der Waals surface area contributed by atoms with Gasteiger partial charge in [0.1, 0.15) is 0 Å². The van der Waals surface area contributed by atoms with Gasteiger partial charge in [0.25, 0.3) is 0 Å². The first-order valence-corrected chi connectivity index (χ1v) is 12.7. The van der Waals surface area contributed by atoms with E-state index in [1.54, 1.807) is 21.3 Å². The molecule has 3 aliphatic rings. The Kier molecular flexibility index (Phi) is 6.63. The van der Waals surface area contributed by atoms with Crippen molar-refractivity contribution in [3.8, 4) is 23.0 Å². The molecule has 2 aromatic carbocycles. The molecule has 5 rings (SSSR count). The summed E-state index contributed by atoms with van der Waals surface area (Å²) in [7, 11) is 5.06. The van der Waals surface area contributed by atoms with E-state index in [-0.39, 0.29) is 11.8 Å². The van der Waals surface area contributed by atoms with E-state index in [0.717, 1.165) is 56.8 Å². The van der Waals surface area contributed by atoms with Crippen molar-refractivity contribution in [1.29, 1.82) is 0 Å². The van der Waals surface area contributed by atoms with Gasteiger partial charge < -0.3 is 24.6 Å². The molecule has 4 atom stereocenters. The highest BCUT2D eigenvalue weighted by Crippen LogP contribution is 2.47. The summed E-state index contributed by atoms with van der Waals surface area (Å²) in [5, 5.41) is 14.1. The maximum absolute atomic E-state index is 10.3. The summed E-state index contributed by atoms with van der Waals surface area (Å²) < 4.78 is 16.7. The van der Waals surface area contributed by atoms with E-state index in [9.17, 15) is 5.11 Å². The van der Waals surface area contributed by atoms with Gasteiger partial charge in [-0.2, -0.15) is 0 Å². The molecule has 1 saturated heterocycles. The van der Waals surface area contributed by atoms with E-state index in [2.05, 4.69) is 29.3 Å². The maximum Gasteiger partial charge on any atom is 0.161 e. The third-order valence-corrected chi connectivity index (χ3v) is 8.44. The predicted octanol–water partition coefficient (Wildman–Crippen LogP) is 4.64. The highest BCUT2D eigenvalue weighted by Gasteiger charge is 2.40. The van der Waals surface area contributed by atoms with Crippen LogP contribution in [0.4, 0.5) is 0 Å². The van der Waals surface area contributed by atoms with Crippen LogP contribution in [0.15, 0.2) is 24.3 Å². The van der Waals surface area contributed by atoms with Gasteiger partial charge in [0.2, 0.25) is 0 Å². The molecule has 0 aliphatic carbocycles. The third kappa shape index (κ3) is 4.11. The van der Waals surface area contributed by atoms with Crippen LogP contribution in [0, 0.1) is 11.8 Å². The molecule has 2 aromatic rings. The Morgan fingerprint density at radius 2 is 1.62 bits per heavy atom. The van der Waals surface area contributed by atoms with Gasteiger partial charge in [-0.1, -0.05) is 13.3 Å². The van der Waals surface area contributed by atoms with Crippen molar-refractivity contribution in [2.45, 2.75) is 51.1 Å². The van der Waals surface area contributed by atoms with Gasteiger partial charge in [-0.3, -0.25) is 4.90 Å². The molecule has 34 heavy (non-hydrogen) atoms. The molecule has 0 aromatic heterocycles. The largest absolute Gasteiger partial charge is 0.504 e. The van der Waals surface area contributed by atoms with Crippen LogP contribution in [0.3, 0.4) is 0 Å². The van der Waals surface area contributed by atoms with Crippen molar-refractivity contribution >= 4 is 0 Å². The van der Waals surface area contributed by atoms with Gasteiger partial charge in [0.15, 0.2) is 23.0 Å². The Labute approximate surface area is 203 Å². The fraction of sp³-hybridized carbons (Fsp3) is 0.571. The quantitative estimate of drug-likeness (QED) is 0.601. The Morgan fingerprint density at radius 3 is 2.35 bits per heavy atom. The third-order valence-electron chi connectivity index (χ3n) is 8.44. The average Bonchev–Trinajstić information content (AvgIpc) is 2.87. The zero-order valence-corrected chi connectivity index (χ0v) is 20.9. The second-order valence-electron chi connectivity index (χ2n) is 10.0. The lowest BCUT2D eigenvalue weighted by molar-refractivity contribution is 0.0434. The Balaban J connectivity index is 1.43. The van der Waals surface area contributed by atoms with Crippen molar-refractivity contribution in [3.63, 3.8) is 0 Å². The minimum absolute atomic E-state index is 0.241. The predicted molar refractivity (Wildman–Crippen MR) is 133 cm³/mol. The zero-order chi connectivity index (χ0) is 23.8. The number of rotatable bonds is 6. The summed E-state index contributed by atoms with van der Waals surface area (Å²) in [6, 6.07) is 9.06. The lowest BCUT2D eigenvalue weighted by Gasteiger charge is -2.48. The van der Waals surface area contributed by atoms with Gasteiger partial charge >= 0.3 is 0 Å². The van der Waals surface area contributed by atoms with Crippen LogP contribution < -0.4 is 19.5 Å². The Morgan fingerprint density at radius 1 is 0.912 bits per heavy atom. The van der Waals surface area contributed by atoms with Gasteiger partial charge in [0, 0.05) is 25.2 Å². The second-order valence-corrected chi connectivity index (χ2v) is 10.0. The number of phenolic OH excluding ortho intramolecular Hbond substituents is 1. The lowest BCUT2D eigenvalue weighted by Crippen LogP contribution is -2.46. The van der Waals surface area contributed by atoms with E-state index >= 15 is 0 Å². The minimum Gasteiger partial charge on any atom is -0.504 e. The number of fused-ring (bicyclic) bond motifs is 4. The molecule has 0 amide bonds. The van der Waals surface area contributed by atoms with E-state index < -0.39 is 0 Å². The van der Waals surface area contributed by atoms with Crippen LogP contribution in [0.25, 0.3) is 0 Å². The number of aromatic hydroxyl groups is 1. The van der Waals surface area contributed by atoms with Gasteiger partial charge in [-0.15, -0.1) is 0 Å². The Bertz CT molecular complexity index is 1040. The number of ether oxygens (including phenoxy) is 3. The van der Waals surface area contributed by atoms with Crippen LogP contribution in [-0.2, 0) is 12.8 Å². The first kappa shape index (κ1) is 23.3. The summed E-state index contributed by atoms with van der Waals surface area (Å²) >= 11 is 0. The first-order valence-electron chi connectivity index (χ1n) is 12.7. The summed E-state index contributed by atoms with van der Waals surface area (Å²) in [6.07, 6.45) is 5.46. The van der Waals surface area contributed by atoms with Gasteiger partial charge in [0.05, 0.1) is 21.3 Å². The number of piperidine rings is 1. The molecular formula is C28H38N2O4. The average molecular weight is 470 g/mol. The lowest BCUT2D eigenvalue weighted by atomic mass is 9.82. The number of phenols is 1. The fourth-order valence-electron chi connectivity index (χ4n) is 6.59. The molecule has 1 fully saturated rings. The minimum atomic E-state index is 0.241. The van der Waals surface area contributed by atoms with E-state index in [1.807, 2.05) is 12.1 Å². The summed E-state index contributed by atoms with van der Waals surface area (Å²) in [5.41, 5.74) is 5.34. The molecule has 0 saturated carbocycles. The molecule has 6 nitrogen and oxygen atoms in total. The number of benzene rings is 2. The maximum atomic E-state index is 10.3. The number of hydrogen-bond acceptors (Lipinski definition) is 6. The van der Waals surface area contributed by atoms with Crippen molar-refractivity contribution in [2.24, 2.45) is 11.8 Å². The number of nitrogens with one attached hydrogen (secondary N) is 1. The van der Waals surface area contributed by atoms with E-state index in [0.29, 0.717) is 23.6 Å². The molecule has 0 spiro atoms. The second kappa shape index (κ2) is 9.67. The first-order chi connectivity index (χ1) is 16.6. The molecule has 0 unspecified atom stereocenters. The van der Waals surface area contributed by atoms with Crippen molar-refractivity contribution in [1.82, 2.24) is 10.2 Å². The highest BCUT2D eigenvalue weighted by molar-refractivity contribution is 5.50. The number of hydrogen-bond donors (Lipinski definition) is 2. The monoisotopic (exact) mass is 469 g/mol. The molecule has 6 heteroatoms. The van der Waals surface area contributed by atoms with E-state index in [4.69, 9.17) is 14.2 Å². The molecule has 184 valence electrons. The molecular weight excluding hydrogens is 431 g/mol. The summed E-state index contributed by atoms with van der Waals surface area (Å²) in [4.78, 5) is 2.70. The summed E-state index contributed by atoms with van der Waals surface area (Å²) in [5.74, 6) is 3.76. The Hall–Kier alpha value is -2.44. The van der Waals surface area contributed by atoms with Crippen molar-refractivity contribution in [2.75, 3.05) is 41.0 Å². The van der Waals surface area contributed by atoms with Crippen LogP contribution in [0.1, 0.15) is 60.5 Å². The summed E-state index contributed by atoms with van der Waals surface area (Å²) in [6.45, 7) is 5.55. The van der Waals surface area contributed by atoms with Gasteiger partial charge in [-0.25, -0.2) is 0 Å². The van der Waals surface area contributed by atoms with E-state index in [1.165, 1.54) is 28.7 Å². The van der Waals surface area contributed by atoms with Crippen molar-refractivity contribution < 1.29 is 19.3 Å². The standard InChI is InChI=1S/C28H38N2O4/c1-5-17-16-30-9-7-19-13-27(33-3)28(34-4)15-22(19)24(30)11-20(17)10-23-21-14-26(32-2)25(31)12-18(21)6-8-29-23/h12-15,17,20,23-24,29,31H,5-11,16H2,1-4H3/t17-,20+,23+,24-/m0/s1/i5+1,16+1,17+1. The zero-order valence-electron chi connectivity index (χ0n) is 20.9. The van der Waals surface area contributed by atoms with Crippen LogP contribution in [0.2, 0.25) is 0 Å². The van der Waals surface area contributed by atoms with Gasteiger partial charge in [-0.05, 0) is 90.6 Å². The molecule has 0 bridgehead atoms. The molecule has 3 aliphatic heterocycles. The number of methoxy groups -OCH3 is 3. The highest BCUT2D eigenvalue weighted by atomic mass is 16.5. The van der Waals surface area contributed by atoms with Crippen LogP contribution >= 0.6 is 0 Å². The SMILES string of the molecule is C[13CH2][13C@H]1[13CH2]N2CCc3cc(OC)c(OC)cc3[C@@H]2C[C@H]1C[C@H]1NCCc2cc(O)c(OC)cc21. The topological polar surface area (TPSA) is 63.2 Å². The van der Waals surface area contributed by atoms with Crippen LogP contribution in [0.5, 0.6) is 23.0 Å². The van der Waals surface area contributed by atoms with Crippen molar-refractivity contribution in [3.05, 3.63) is 46.5 Å². The number of nitrogens with zero attached hydrogens (tertiary/aromatic N) is 1. The fourth-order valence-corrected chi connectivity index (χ4v) is 6.59. The molecule has 0 radical (unpaired) electrons. The normalized spacial score (nSPS) is 26.2. The molecule has 3 heterocycles. The molecule has 2 N–H and O–H groups in total. The smallest absolute Gasteiger partial charge is 0.161 e. The van der Waals surface area contributed by atoms with Crippen LogP contribution in [-0.4, -0.2) is 51.0 Å².